The van der Waals surface area contributed by atoms with Gasteiger partial charge in [0, 0.05) is 37.7 Å². The quantitative estimate of drug-likeness (QED) is 0.599. The standard InChI is InChI=1S/C22H26N4O4S/c1-15-19-7-6-18(31(3,28)29)13-20(19)24-22(23-15)26-10-8-16(9-11-26)21(27)25(2)14-17-5-4-12-30-17/h4-7,12-13,16H,8-11,14H2,1-3H3. The van der Waals surface area contributed by atoms with Gasteiger partial charge in [-0.05, 0) is 50.1 Å². The molecule has 31 heavy (non-hydrogen) atoms. The molecule has 8 nitrogen and oxygen atoms in total. The minimum Gasteiger partial charge on any atom is -0.467 e. The number of sulfone groups is 1. The Balaban J connectivity index is 1.47. The average Bonchev–Trinajstić information content (AvgIpc) is 3.25. The molecule has 3 heterocycles. The number of rotatable bonds is 5. The lowest BCUT2D eigenvalue weighted by Gasteiger charge is -2.33. The fraction of sp³-hybridized carbons (Fsp3) is 0.409. The van der Waals surface area contributed by atoms with E-state index in [-0.39, 0.29) is 16.7 Å². The molecule has 9 heteroatoms. The third kappa shape index (κ3) is 4.56. The summed E-state index contributed by atoms with van der Waals surface area (Å²) in [4.78, 5) is 26.1. The number of benzene rings is 1. The molecule has 0 radical (unpaired) electrons. The summed E-state index contributed by atoms with van der Waals surface area (Å²) in [6, 6.07) is 8.62. The molecule has 0 spiro atoms. The SMILES string of the molecule is Cc1nc(N2CCC(C(=O)N(C)Cc3ccco3)CC2)nc2cc(S(C)(=O)=O)ccc12. The summed E-state index contributed by atoms with van der Waals surface area (Å²) in [6.45, 7) is 3.69. The van der Waals surface area contributed by atoms with Crippen LogP contribution in [0.3, 0.4) is 0 Å². The highest BCUT2D eigenvalue weighted by Crippen LogP contribution is 2.26. The Hall–Kier alpha value is -2.94. The molecule has 0 saturated carbocycles. The van der Waals surface area contributed by atoms with Crippen molar-refractivity contribution in [3.05, 3.63) is 48.0 Å². The minimum absolute atomic E-state index is 0.0467. The predicted molar refractivity (Wildman–Crippen MR) is 118 cm³/mol. The molecule has 1 saturated heterocycles. The van der Waals surface area contributed by atoms with Gasteiger partial charge < -0.3 is 14.2 Å². The molecule has 4 rings (SSSR count). The Morgan fingerprint density at radius 3 is 2.61 bits per heavy atom. The van der Waals surface area contributed by atoms with Gasteiger partial charge in [-0.2, -0.15) is 0 Å². The lowest BCUT2D eigenvalue weighted by Crippen LogP contribution is -2.41. The number of hydrogen-bond acceptors (Lipinski definition) is 7. The van der Waals surface area contributed by atoms with E-state index in [9.17, 15) is 13.2 Å². The Morgan fingerprint density at radius 1 is 1.23 bits per heavy atom. The molecule has 1 aromatic carbocycles. The van der Waals surface area contributed by atoms with Crippen molar-refractivity contribution in [1.82, 2.24) is 14.9 Å². The molecule has 0 bridgehead atoms. The van der Waals surface area contributed by atoms with Gasteiger partial charge in [-0.1, -0.05) is 0 Å². The van der Waals surface area contributed by atoms with Gasteiger partial charge >= 0.3 is 0 Å². The van der Waals surface area contributed by atoms with E-state index in [4.69, 9.17) is 4.42 Å². The molecule has 0 unspecified atom stereocenters. The van der Waals surface area contributed by atoms with Gasteiger partial charge in [0.25, 0.3) is 0 Å². The third-order valence-corrected chi connectivity index (χ3v) is 6.86. The Bertz CT molecular complexity index is 1200. The van der Waals surface area contributed by atoms with Crippen LogP contribution in [0.25, 0.3) is 10.9 Å². The van der Waals surface area contributed by atoms with Gasteiger partial charge in [-0.25, -0.2) is 18.4 Å². The maximum absolute atomic E-state index is 12.8. The molecular formula is C22H26N4O4S. The molecule has 0 aliphatic carbocycles. The zero-order valence-electron chi connectivity index (χ0n) is 17.9. The maximum atomic E-state index is 12.8. The van der Waals surface area contributed by atoms with Crippen molar-refractivity contribution < 1.29 is 17.6 Å². The topological polar surface area (TPSA) is 96.6 Å². The number of carbonyl (C=O) groups excluding carboxylic acids is 1. The van der Waals surface area contributed by atoms with Gasteiger partial charge in [0.05, 0.1) is 28.9 Å². The highest BCUT2D eigenvalue weighted by Gasteiger charge is 2.28. The molecule has 1 fully saturated rings. The van der Waals surface area contributed by atoms with E-state index in [1.54, 1.807) is 36.4 Å². The summed E-state index contributed by atoms with van der Waals surface area (Å²) in [6.07, 6.45) is 4.22. The molecule has 0 N–H and O–H groups in total. The van der Waals surface area contributed by atoms with Crippen LogP contribution in [-0.4, -0.2) is 55.6 Å². The normalized spacial score (nSPS) is 15.4. The minimum atomic E-state index is -3.31. The van der Waals surface area contributed by atoms with Crippen LogP contribution < -0.4 is 4.90 Å². The van der Waals surface area contributed by atoms with Crippen molar-refractivity contribution in [1.29, 1.82) is 0 Å². The average molecular weight is 443 g/mol. The number of carbonyl (C=O) groups is 1. The first kappa shape index (κ1) is 21.3. The number of aryl methyl sites for hydroxylation is 1. The number of hydrogen-bond donors (Lipinski definition) is 0. The van der Waals surface area contributed by atoms with Gasteiger partial charge in [0.1, 0.15) is 5.76 Å². The van der Waals surface area contributed by atoms with E-state index in [2.05, 4.69) is 14.9 Å². The Labute approximate surface area is 181 Å². The van der Waals surface area contributed by atoms with Gasteiger partial charge in [0.15, 0.2) is 9.84 Å². The highest BCUT2D eigenvalue weighted by molar-refractivity contribution is 7.90. The molecule has 1 amide bonds. The number of furan rings is 1. The second kappa shape index (κ2) is 8.30. The van der Waals surface area contributed by atoms with Crippen LogP contribution in [0.1, 0.15) is 24.3 Å². The van der Waals surface area contributed by atoms with Crippen molar-refractivity contribution in [3.63, 3.8) is 0 Å². The Kier molecular flexibility index (Phi) is 5.70. The zero-order chi connectivity index (χ0) is 22.2. The van der Waals surface area contributed by atoms with Crippen LogP contribution >= 0.6 is 0 Å². The molecule has 164 valence electrons. The second-order valence-electron chi connectivity index (χ2n) is 8.10. The molecule has 2 aromatic heterocycles. The Morgan fingerprint density at radius 2 is 1.97 bits per heavy atom. The van der Waals surface area contributed by atoms with Crippen molar-refractivity contribution in [2.24, 2.45) is 5.92 Å². The lowest BCUT2D eigenvalue weighted by atomic mass is 9.95. The van der Waals surface area contributed by atoms with Crippen LogP contribution in [0, 0.1) is 12.8 Å². The van der Waals surface area contributed by atoms with E-state index in [1.165, 1.54) is 6.26 Å². The van der Waals surface area contributed by atoms with Crippen molar-refractivity contribution >= 4 is 32.6 Å². The summed E-state index contributed by atoms with van der Waals surface area (Å²) < 4.78 is 29.2. The van der Waals surface area contributed by atoms with Gasteiger partial charge in [-0.3, -0.25) is 4.79 Å². The summed E-state index contributed by atoms with van der Waals surface area (Å²) in [7, 11) is -1.51. The number of amides is 1. The van der Waals surface area contributed by atoms with Crippen LogP contribution in [0.15, 0.2) is 45.9 Å². The van der Waals surface area contributed by atoms with Gasteiger partial charge in [-0.15, -0.1) is 0 Å². The van der Waals surface area contributed by atoms with Crippen molar-refractivity contribution in [2.45, 2.75) is 31.2 Å². The predicted octanol–water partition coefficient (Wildman–Crippen LogP) is 2.81. The summed E-state index contributed by atoms with van der Waals surface area (Å²) in [5.41, 5.74) is 1.42. The number of nitrogens with zero attached hydrogens (tertiary/aromatic N) is 4. The summed E-state index contributed by atoms with van der Waals surface area (Å²) in [5.74, 6) is 1.41. The highest BCUT2D eigenvalue weighted by atomic mass is 32.2. The molecular weight excluding hydrogens is 416 g/mol. The smallest absolute Gasteiger partial charge is 0.226 e. The summed E-state index contributed by atoms with van der Waals surface area (Å²) in [5, 5.41) is 0.834. The molecule has 0 atom stereocenters. The zero-order valence-corrected chi connectivity index (χ0v) is 18.7. The second-order valence-corrected chi connectivity index (χ2v) is 10.1. The van der Waals surface area contributed by atoms with E-state index < -0.39 is 9.84 Å². The molecule has 1 aliphatic rings. The maximum Gasteiger partial charge on any atom is 0.226 e. The van der Waals surface area contributed by atoms with Crippen LogP contribution in [0.5, 0.6) is 0 Å². The van der Waals surface area contributed by atoms with Crippen LogP contribution in [0.2, 0.25) is 0 Å². The first-order valence-corrected chi connectivity index (χ1v) is 12.1. The van der Waals surface area contributed by atoms with Crippen molar-refractivity contribution in [3.8, 4) is 0 Å². The number of piperidine rings is 1. The molecule has 3 aromatic rings. The number of fused-ring (bicyclic) bond motifs is 1. The third-order valence-electron chi connectivity index (χ3n) is 5.75. The molecule has 1 aliphatic heterocycles. The summed E-state index contributed by atoms with van der Waals surface area (Å²) >= 11 is 0. The fourth-order valence-electron chi connectivity index (χ4n) is 3.98. The monoisotopic (exact) mass is 442 g/mol. The van der Waals surface area contributed by atoms with Gasteiger partial charge in [0.2, 0.25) is 11.9 Å². The van der Waals surface area contributed by atoms with E-state index in [1.807, 2.05) is 19.1 Å². The van der Waals surface area contributed by atoms with Crippen LogP contribution in [-0.2, 0) is 21.2 Å². The van der Waals surface area contributed by atoms with E-state index >= 15 is 0 Å². The first-order valence-electron chi connectivity index (χ1n) is 10.2. The largest absolute Gasteiger partial charge is 0.467 e. The lowest BCUT2D eigenvalue weighted by molar-refractivity contribution is -0.135. The van der Waals surface area contributed by atoms with E-state index in [0.29, 0.717) is 43.9 Å². The number of anilines is 1. The van der Waals surface area contributed by atoms with Crippen LogP contribution in [0.4, 0.5) is 5.95 Å². The van der Waals surface area contributed by atoms with E-state index in [0.717, 1.165) is 16.8 Å². The fourth-order valence-corrected chi connectivity index (χ4v) is 4.62. The number of aromatic nitrogens is 2. The van der Waals surface area contributed by atoms with Crippen molar-refractivity contribution in [2.75, 3.05) is 31.3 Å². The first-order chi connectivity index (χ1) is 14.7.